The second-order valence-corrected chi connectivity index (χ2v) is 12.9. The van der Waals surface area contributed by atoms with Crippen LogP contribution < -0.4 is 9.80 Å². The van der Waals surface area contributed by atoms with Crippen molar-refractivity contribution in [2.75, 3.05) is 54.9 Å². The summed E-state index contributed by atoms with van der Waals surface area (Å²) >= 11 is 7.57. The van der Waals surface area contributed by atoms with Gasteiger partial charge >= 0.3 is 0 Å². The molecule has 3 aromatic rings. The van der Waals surface area contributed by atoms with Gasteiger partial charge in [-0.3, -0.25) is 0 Å². The van der Waals surface area contributed by atoms with E-state index in [4.69, 9.17) is 16.3 Å². The van der Waals surface area contributed by atoms with E-state index in [9.17, 15) is 8.42 Å². The first-order chi connectivity index (χ1) is 16.8. The summed E-state index contributed by atoms with van der Waals surface area (Å²) in [4.78, 5) is 17.9. The van der Waals surface area contributed by atoms with Crippen LogP contribution in [-0.4, -0.2) is 68.5 Å². The molecule has 2 aromatic heterocycles. The lowest BCUT2D eigenvalue weighted by atomic mass is 9.99. The minimum absolute atomic E-state index is 0.00318. The van der Waals surface area contributed by atoms with Crippen LogP contribution in [0.5, 0.6) is 0 Å². The van der Waals surface area contributed by atoms with Gasteiger partial charge in [0.25, 0.3) is 0 Å². The van der Waals surface area contributed by atoms with Gasteiger partial charge in [-0.05, 0) is 54.5 Å². The Balaban J connectivity index is 1.37. The quantitative estimate of drug-likeness (QED) is 0.429. The number of ether oxygens (including phenoxy) is 1. The zero-order valence-electron chi connectivity index (χ0n) is 20.0. The van der Waals surface area contributed by atoms with Crippen molar-refractivity contribution in [3.05, 3.63) is 34.6 Å². The highest BCUT2D eigenvalue weighted by Gasteiger charge is 2.30. The highest BCUT2D eigenvalue weighted by Crippen LogP contribution is 2.33. The van der Waals surface area contributed by atoms with Crippen molar-refractivity contribution in [2.24, 2.45) is 5.92 Å². The third kappa shape index (κ3) is 5.40. The first kappa shape index (κ1) is 24.7. The van der Waals surface area contributed by atoms with Crippen LogP contribution in [-0.2, 0) is 14.6 Å². The molecule has 4 heterocycles. The number of piperidine rings is 1. The zero-order chi connectivity index (χ0) is 24.6. The van der Waals surface area contributed by atoms with Crippen molar-refractivity contribution >= 4 is 55.2 Å². The summed E-state index contributed by atoms with van der Waals surface area (Å²) in [6, 6.07) is 6.20. The molecule has 1 unspecified atom stereocenters. The minimum Gasteiger partial charge on any atom is -0.378 e. The van der Waals surface area contributed by atoms with E-state index in [1.807, 2.05) is 19.2 Å². The Kier molecular flexibility index (Phi) is 7.16. The molecule has 5 rings (SSSR count). The molecule has 0 aliphatic carbocycles. The number of nitrogens with zero attached hydrogens (tertiary/aromatic N) is 5. The van der Waals surface area contributed by atoms with Crippen molar-refractivity contribution in [3.63, 3.8) is 0 Å². The molecule has 0 saturated carbocycles. The normalized spacial score (nSPS) is 19.6. The number of anilines is 2. The maximum absolute atomic E-state index is 13.1. The molecular weight excluding hydrogens is 506 g/mol. The number of morpholine rings is 1. The summed E-state index contributed by atoms with van der Waals surface area (Å²) in [7, 11) is -3.44. The van der Waals surface area contributed by atoms with E-state index in [0.717, 1.165) is 60.6 Å². The molecule has 0 radical (unpaired) electrons. The lowest BCUT2D eigenvalue weighted by molar-refractivity contribution is 0.122. The van der Waals surface area contributed by atoms with Crippen molar-refractivity contribution in [2.45, 2.75) is 36.9 Å². The van der Waals surface area contributed by atoms with E-state index in [1.165, 1.54) is 11.3 Å². The summed E-state index contributed by atoms with van der Waals surface area (Å²) in [5, 5.41) is 2.98. The standard InChI is InChI=1S/C24H30ClN5O3S2/c1-16(2)21-14-34-24(27-21)35(31,32)15-17-4-3-7-30(13-17)22-19-6-5-18(29-8-10-33-11-9-29)12-20(19)26-23(25)28-22/h5-6,12,14,16-17H,3-4,7-11,13,15H2,1-2H3. The van der Waals surface area contributed by atoms with Crippen LogP contribution in [0.15, 0.2) is 27.9 Å². The number of rotatable bonds is 6. The van der Waals surface area contributed by atoms with Crippen molar-refractivity contribution in [1.82, 2.24) is 15.0 Å². The van der Waals surface area contributed by atoms with E-state index >= 15 is 0 Å². The predicted molar refractivity (Wildman–Crippen MR) is 141 cm³/mol. The molecule has 0 bridgehead atoms. The van der Waals surface area contributed by atoms with Gasteiger partial charge in [0, 0.05) is 42.6 Å². The predicted octanol–water partition coefficient (Wildman–Crippen LogP) is 4.39. The molecule has 0 amide bonds. The number of sulfone groups is 1. The van der Waals surface area contributed by atoms with Gasteiger partial charge in [0.15, 0.2) is 0 Å². The van der Waals surface area contributed by atoms with Crippen LogP contribution >= 0.6 is 22.9 Å². The average molecular weight is 536 g/mol. The molecule has 0 N–H and O–H groups in total. The van der Waals surface area contributed by atoms with E-state index < -0.39 is 9.84 Å². The summed E-state index contributed by atoms with van der Waals surface area (Å²) in [6.45, 7) is 8.57. The van der Waals surface area contributed by atoms with Gasteiger partial charge < -0.3 is 14.5 Å². The first-order valence-corrected chi connectivity index (χ1v) is 14.9. The molecule has 2 saturated heterocycles. The number of hydrogen-bond acceptors (Lipinski definition) is 9. The van der Waals surface area contributed by atoms with Gasteiger partial charge in [-0.25, -0.2) is 18.4 Å². The molecular formula is C24H30ClN5O3S2. The monoisotopic (exact) mass is 535 g/mol. The fourth-order valence-electron chi connectivity index (χ4n) is 4.78. The number of halogens is 1. The van der Waals surface area contributed by atoms with Crippen LogP contribution in [0.25, 0.3) is 10.9 Å². The van der Waals surface area contributed by atoms with E-state index in [1.54, 1.807) is 0 Å². The lowest BCUT2D eigenvalue weighted by Crippen LogP contribution is -2.39. The van der Waals surface area contributed by atoms with Gasteiger partial charge in [-0.1, -0.05) is 13.8 Å². The maximum atomic E-state index is 13.1. The molecule has 2 aliphatic rings. The molecule has 0 spiro atoms. The number of hydrogen-bond donors (Lipinski definition) is 0. The average Bonchev–Trinajstić information content (AvgIpc) is 3.36. The summed E-state index contributed by atoms with van der Waals surface area (Å²) in [5.74, 6) is 1.07. The fraction of sp³-hybridized carbons (Fsp3) is 0.542. The Hall–Kier alpha value is -2.01. The summed E-state index contributed by atoms with van der Waals surface area (Å²) in [5.41, 5.74) is 2.72. The lowest BCUT2D eigenvalue weighted by Gasteiger charge is -2.34. The number of fused-ring (bicyclic) bond motifs is 1. The van der Waals surface area contributed by atoms with Gasteiger partial charge in [0.2, 0.25) is 19.5 Å². The molecule has 2 fully saturated rings. The summed E-state index contributed by atoms with van der Waals surface area (Å²) < 4.78 is 31.9. The van der Waals surface area contributed by atoms with Crippen LogP contribution in [0.2, 0.25) is 5.28 Å². The minimum atomic E-state index is -3.44. The third-order valence-corrected chi connectivity index (χ3v) is 10.0. The Labute approximate surface area is 215 Å². The van der Waals surface area contributed by atoms with Crippen molar-refractivity contribution in [1.29, 1.82) is 0 Å². The second kappa shape index (κ2) is 10.2. The molecule has 35 heavy (non-hydrogen) atoms. The van der Waals surface area contributed by atoms with Crippen molar-refractivity contribution in [3.8, 4) is 0 Å². The van der Waals surface area contributed by atoms with Crippen molar-refractivity contribution < 1.29 is 13.2 Å². The highest BCUT2D eigenvalue weighted by atomic mass is 35.5. The molecule has 1 aromatic carbocycles. The SMILES string of the molecule is CC(C)c1csc(S(=O)(=O)CC2CCCN(c3nc(Cl)nc4cc(N5CCOCC5)ccc34)C2)n1. The zero-order valence-corrected chi connectivity index (χ0v) is 22.4. The molecule has 188 valence electrons. The third-order valence-electron chi connectivity index (χ3n) is 6.64. The van der Waals surface area contributed by atoms with E-state index in [0.29, 0.717) is 19.8 Å². The van der Waals surface area contributed by atoms with E-state index in [-0.39, 0.29) is 27.2 Å². The van der Waals surface area contributed by atoms with Crippen LogP contribution in [0, 0.1) is 5.92 Å². The van der Waals surface area contributed by atoms with Crippen LogP contribution in [0.1, 0.15) is 38.3 Å². The number of benzene rings is 1. The fourth-order valence-corrected chi connectivity index (χ4v) is 7.88. The van der Waals surface area contributed by atoms with Gasteiger partial charge in [-0.2, -0.15) is 4.98 Å². The highest BCUT2D eigenvalue weighted by molar-refractivity contribution is 7.93. The largest absolute Gasteiger partial charge is 0.378 e. The molecule has 8 nitrogen and oxygen atoms in total. The van der Waals surface area contributed by atoms with Crippen LogP contribution in [0.3, 0.4) is 0 Å². The van der Waals surface area contributed by atoms with Gasteiger partial charge in [0.1, 0.15) is 5.82 Å². The maximum Gasteiger partial charge on any atom is 0.224 e. The Morgan fingerprint density at radius 1 is 1.14 bits per heavy atom. The second-order valence-electron chi connectivity index (χ2n) is 9.55. The Morgan fingerprint density at radius 2 is 1.94 bits per heavy atom. The summed E-state index contributed by atoms with van der Waals surface area (Å²) in [6.07, 6.45) is 1.75. The number of thiazole rings is 1. The first-order valence-electron chi connectivity index (χ1n) is 12.0. The molecule has 11 heteroatoms. The Morgan fingerprint density at radius 3 is 2.69 bits per heavy atom. The van der Waals surface area contributed by atoms with Gasteiger partial charge in [-0.15, -0.1) is 11.3 Å². The van der Waals surface area contributed by atoms with Gasteiger partial charge in [0.05, 0.1) is 30.2 Å². The molecule has 1 atom stereocenters. The van der Waals surface area contributed by atoms with Crippen LogP contribution in [0.4, 0.5) is 11.5 Å². The molecule has 2 aliphatic heterocycles. The topological polar surface area (TPSA) is 88.5 Å². The number of aromatic nitrogens is 3. The smallest absolute Gasteiger partial charge is 0.224 e. The van der Waals surface area contributed by atoms with E-state index in [2.05, 4.69) is 43.0 Å². The Bertz CT molecular complexity index is 1310.